The van der Waals surface area contributed by atoms with Gasteiger partial charge in [0.2, 0.25) is 0 Å². The van der Waals surface area contributed by atoms with Gasteiger partial charge in [-0.1, -0.05) is 13.3 Å². The summed E-state index contributed by atoms with van der Waals surface area (Å²) in [5.74, 6) is 0. The average Bonchev–Trinajstić information content (AvgIpc) is 2.78. The Balaban J connectivity index is 0.000000292. The third kappa shape index (κ3) is 19.2. The number of hydrogen-bond acceptors (Lipinski definition) is 2. The second-order valence-corrected chi connectivity index (χ2v) is 26.7. The minimum atomic E-state index is -2.76. The monoisotopic (exact) mass is 370 g/mol. The van der Waals surface area contributed by atoms with Gasteiger partial charge in [0.1, 0.15) is 6.10 Å². The molecule has 2 nitrogen and oxygen atoms in total. The van der Waals surface area contributed by atoms with E-state index >= 15 is 0 Å². The standard InChI is InChI=1S/C7H14O2.CH3.3ClH.Sn/c1-2-3-4-8-5-7-6-9-7;;;;;/h7H,2-6H2,1H3;1H3;3*1H;/q;;;;;+3/p-3. The van der Waals surface area contributed by atoms with Crippen molar-refractivity contribution >= 4 is 41.8 Å². The molecule has 14 heavy (non-hydrogen) atoms. The molecule has 0 aliphatic carbocycles. The fourth-order valence-electron chi connectivity index (χ4n) is 0.625. The molecule has 0 aromatic heterocycles. The minimum absolute atomic E-state index is 0.432. The Hall–Kier alpha value is 1.59. The first-order valence-corrected chi connectivity index (χ1v) is 18.4. The van der Waals surface area contributed by atoms with Crippen molar-refractivity contribution in [2.45, 2.75) is 30.8 Å². The molecule has 0 amide bonds. The number of halogens is 3. The first-order chi connectivity index (χ1) is 6.43. The quantitative estimate of drug-likeness (QED) is 0.420. The Bertz CT molecular complexity index is 131. The molecule has 0 aromatic rings. The van der Waals surface area contributed by atoms with Gasteiger partial charge in [0.25, 0.3) is 0 Å². The van der Waals surface area contributed by atoms with Crippen LogP contribution in [0.2, 0.25) is 4.94 Å². The Morgan fingerprint density at radius 1 is 1.43 bits per heavy atom. The van der Waals surface area contributed by atoms with Crippen molar-refractivity contribution < 1.29 is 9.47 Å². The topological polar surface area (TPSA) is 21.8 Å². The van der Waals surface area contributed by atoms with Gasteiger partial charge in [-0.3, -0.25) is 0 Å². The second kappa shape index (κ2) is 8.71. The summed E-state index contributed by atoms with van der Waals surface area (Å²) in [6.45, 7) is 4.78. The van der Waals surface area contributed by atoms with E-state index in [9.17, 15) is 0 Å². The summed E-state index contributed by atoms with van der Waals surface area (Å²) in [6, 6.07) is 0. The molecule has 0 aromatic carbocycles. The van der Waals surface area contributed by atoms with Gasteiger partial charge < -0.3 is 9.47 Å². The zero-order valence-corrected chi connectivity index (χ0v) is 13.7. The molecule has 86 valence electrons. The first kappa shape index (κ1) is 15.6. The van der Waals surface area contributed by atoms with Gasteiger partial charge in [0, 0.05) is 6.61 Å². The van der Waals surface area contributed by atoms with E-state index in [4.69, 9.17) is 36.2 Å². The Morgan fingerprint density at radius 2 is 1.93 bits per heavy atom. The summed E-state index contributed by atoms with van der Waals surface area (Å²) < 4.78 is 10.2. The second-order valence-electron chi connectivity index (χ2n) is 3.17. The van der Waals surface area contributed by atoms with Crippen LogP contribution in [-0.4, -0.2) is 40.9 Å². The fourth-order valence-corrected chi connectivity index (χ4v) is 0.625. The number of epoxide rings is 1. The first-order valence-electron chi connectivity index (χ1n) is 4.69. The Kier molecular flexibility index (Phi) is 9.70. The van der Waals surface area contributed by atoms with Crippen LogP contribution in [0, 0.1) is 0 Å². The van der Waals surface area contributed by atoms with Crippen LogP contribution in [0.25, 0.3) is 0 Å². The zero-order chi connectivity index (χ0) is 11.0. The molecule has 0 bridgehead atoms. The molecule has 1 aliphatic rings. The van der Waals surface area contributed by atoms with Crippen molar-refractivity contribution in [1.82, 2.24) is 0 Å². The summed E-state index contributed by atoms with van der Waals surface area (Å²) in [6.07, 6.45) is 2.82. The van der Waals surface area contributed by atoms with E-state index in [1.165, 1.54) is 12.8 Å². The van der Waals surface area contributed by atoms with Crippen molar-refractivity contribution in [1.29, 1.82) is 0 Å². The molecule has 1 fully saturated rings. The van der Waals surface area contributed by atoms with Crippen LogP contribution >= 0.6 is 26.8 Å². The molecule has 1 aliphatic heterocycles. The maximum atomic E-state index is 5.27. The molecule has 1 atom stereocenters. The molecule has 1 heterocycles. The van der Waals surface area contributed by atoms with E-state index in [1.54, 1.807) is 4.94 Å². The average molecular weight is 370 g/mol. The molecule has 0 spiro atoms. The van der Waals surface area contributed by atoms with Crippen LogP contribution < -0.4 is 0 Å². The number of rotatable bonds is 5. The van der Waals surface area contributed by atoms with E-state index in [0.29, 0.717) is 6.10 Å². The third-order valence-electron chi connectivity index (χ3n) is 1.35. The van der Waals surface area contributed by atoms with E-state index < -0.39 is 15.0 Å². The van der Waals surface area contributed by atoms with Crippen molar-refractivity contribution in [3.05, 3.63) is 0 Å². The van der Waals surface area contributed by atoms with Gasteiger partial charge in [-0.05, 0) is 6.42 Å². The zero-order valence-electron chi connectivity index (χ0n) is 8.56. The molecule has 1 rings (SSSR count). The Morgan fingerprint density at radius 3 is 2.29 bits per heavy atom. The summed E-state index contributed by atoms with van der Waals surface area (Å²) in [4.78, 5) is 1.69. The third-order valence-corrected chi connectivity index (χ3v) is 1.35. The summed E-state index contributed by atoms with van der Waals surface area (Å²) in [7, 11) is 15.8. The van der Waals surface area contributed by atoms with Crippen LogP contribution in [-0.2, 0) is 9.47 Å². The van der Waals surface area contributed by atoms with Gasteiger partial charge in [-0.2, -0.15) is 0 Å². The molecule has 6 heteroatoms. The normalized spacial score (nSPS) is 19.9. The maximum absolute atomic E-state index is 5.27. The molecule has 0 N–H and O–H groups in total. The van der Waals surface area contributed by atoms with Crippen LogP contribution in [0.5, 0.6) is 0 Å². The SMILES string of the molecule is CCCCOCC1CO1.[CH3][Sn]([Cl])([Cl])[Cl]. The number of unbranched alkanes of at least 4 members (excludes halogenated alkanes) is 1. The van der Waals surface area contributed by atoms with Crippen LogP contribution in [0.1, 0.15) is 19.8 Å². The molecule has 0 saturated carbocycles. The van der Waals surface area contributed by atoms with Gasteiger partial charge in [-0.25, -0.2) is 0 Å². The van der Waals surface area contributed by atoms with Crippen molar-refractivity contribution in [2.24, 2.45) is 0 Å². The molecule has 0 radical (unpaired) electrons. The van der Waals surface area contributed by atoms with Gasteiger partial charge >= 0.3 is 46.7 Å². The molecular weight excluding hydrogens is 353 g/mol. The fraction of sp³-hybridized carbons (Fsp3) is 1.00. The van der Waals surface area contributed by atoms with Crippen LogP contribution in [0.4, 0.5) is 0 Å². The molecule has 1 saturated heterocycles. The van der Waals surface area contributed by atoms with Gasteiger partial charge in [0.05, 0.1) is 13.2 Å². The van der Waals surface area contributed by atoms with Crippen molar-refractivity contribution in [3.63, 3.8) is 0 Å². The Labute approximate surface area is 101 Å². The van der Waals surface area contributed by atoms with E-state index in [2.05, 4.69) is 6.92 Å². The predicted molar refractivity (Wildman–Crippen MR) is 64.6 cm³/mol. The summed E-state index contributed by atoms with van der Waals surface area (Å²) in [5.41, 5.74) is 0. The van der Waals surface area contributed by atoms with Gasteiger partial charge in [0.15, 0.2) is 0 Å². The van der Waals surface area contributed by atoms with E-state index in [-0.39, 0.29) is 0 Å². The predicted octanol–water partition coefficient (Wildman–Crippen LogP) is 3.47. The van der Waals surface area contributed by atoms with Gasteiger partial charge in [-0.15, -0.1) is 0 Å². The van der Waals surface area contributed by atoms with Crippen LogP contribution in [0.3, 0.4) is 0 Å². The molecule has 1 unspecified atom stereocenters. The van der Waals surface area contributed by atoms with E-state index in [1.807, 2.05) is 0 Å². The number of hydrogen-bond donors (Lipinski definition) is 0. The van der Waals surface area contributed by atoms with E-state index in [0.717, 1.165) is 19.8 Å². The van der Waals surface area contributed by atoms with Crippen molar-refractivity contribution in [2.75, 3.05) is 19.8 Å². The van der Waals surface area contributed by atoms with Crippen LogP contribution in [0.15, 0.2) is 0 Å². The summed E-state index contributed by atoms with van der Waals surface area (Å²) in [5, 5.41) is 0. The summed E-state index contributed by atoms with van der Waals surface area (Å²) >= 11 is -2.76. The van der Waals surface area contributed by atoms with Crippen molar-refractivity contribution in [3.8, 4) is 0 Å². The molecular formula is C8H17Cl3O2Sn. The number of ether oxygens (including phenoxy) is 2.